The molecular formula is C16H16N4OS. The molecule has 0 aliphatic carbocycles. The summed E-state index contributed by atoms with van der Waals surface area (Å²) in [4.78, 5) is 22.4. The highest BCUT2D eigenvalue weighted by Gasteiger charge is 2.11. The molecule has 0 bridgehead atoms. The van der Waals surface area contributed by atoms with Crippen LogP contribution in [0, 0.1) is 0 Å². The van der Waals surface area contributed by atoms with Crippen molar-refractivity contribution in [2.75, 3.05) is 18.5 Å². The van der Waals surface area contributed by atoms with Gasteiger partial charge in [-0.2, -0.15) is 0 Å². The first kappa shape index (κ1) is 14.5. The standard InChI is InChI=1S/C16H16N4OS/c1-20(16-19-13-4-2-3-5-14(13)22-16)11-15(21)18-10-12-6-8-17-9-7-12/h2-9H,10-11H2,1H3,(H,18,21). The number of carbonyl (C=O) groups is 1. The molecule has 0 aliphatic heterocycles. The average Bonchev–Trinajstić information content (AvgIpc) is 2.98. The number of nitrogens with one attached hydrogen (secondary N) is 1. The monoisotopic (exact) mass is 312 g/mol. The van der Waals surface area contributed by atoms with Crippen LogP contribution in [0.2, 0.25) is 0 Å². The molecule has 0 atom stereocenters. The molecule has 2 heterocycles. The van der Waals surface area contributed by atoms with Gasteiger partial charge in [0, 0.05) is 26.0 Å². The van der Waals surface area contributed by atoms with Crippen molar-refractivity contribution >= 4 is 32.6 Å². The van der Waals surface area contributed by atoms with Crippen LogP contribution in [0.3, 0.4) is 0 Å². The van der Waals surface area contributed by atoms with Crippen LogP contribution in [0.1, 0.15) is 5.56 Å². The normalized spacial score (nSPS) is 10.6. The number of anilines is 1. The molecule has 2 aromatic heterocycles. The van der Waals surface area contributed by atoms with E-state index in [1.54, 1.807) is 23.7 Å². The molecule has 0 fully saturated rings. The SMILES string of the molecule is CN(CC(=O)NCc1ccncc1)c1nc2ccccc2s1. The van der Waals surface area contributed by atoms with Crippen molar-refractivity contribution in [1.29, 1.82) is 0 Å². The third-order valence-corrected chi connectivity index (χ3v) is 4.38. The third kappa shape index (κ3) is 3.40. The summed E-state index contributed by atoms with van der Waals surface area (Å²) < 4.78 is 1.13. The number of fused-ring (bicyclic) bond motifs is 1. The number of aromatic nitrogens is 2. The number of nitrogens with zero attached hydrogens (tertiary/aromatic N) is 3. The number of rotatable bonds is 5. The Morgan fingerprint density at radius 3 is 2.77 bits per heavy atom. The van der Waals surface area contributed by atoms with Gasteiger partial charge in [-0.3, -0.25) is 9.78 Å². The zero-order valence-electron chi connectivity index (χ0n) is 12.2. The van der Waals surface area contributed by atoms with Gasteiger partial charge in [-0.25, -0.2) is 4.98 Å². The predicted octanol–water partition coefficient (Wildman–Crippen LogP) is 2.44. The van der Waals surface area contributed by atoms with Gasteiger partial charge in [-0.15, -0.1) is 0 Å². The molecule has 0 spiro atoms. The van der Waals surface area contributed by atoms with E-state index < -0.39 is 0 Å². The molecule has 3 rings (SSSR count). The Morgan fingerprint density at radius 1 is 1.23 bits per heavy atom. The number of thiazole rings is 1. The van der Waals surface area contributed by atoms with Crippen LogP contribution in [0.25, 0.3) is 10.2 Å². The molecule has 112 valence electrons. The fourth-order valence-corrected chi connectivity index (χ4v) is 2.99. The third-order valence-electron chi connectivity index (χ3n) is 3.23. The average molecular weight is 312 g/mol. The fraction of sp³-hybridized carbons (Fsp3) is 0.188. The van der Waals surface area contributed by atoms with Crippen LogP contribution >= 0.6 is 11.3 Å². The second-order valence-electron chi connectivity index (χ2n) is 4.95. The quantitative estimate of drug-likeness (QED) is 0.786. The van der Waals surface area contributed by atoms with Crippen LogP contribution in [0.4, 0.5) is 5.13 Å². The molecular weight excluding hydrogens is 296 g/mol. The van der Waals surface area contributed by atoms with E-state index in [0.29, 0.717) is 6.54 Å². The van der Waals surface area contributed by atoms with E-state index in [0.717, 1.165) is 20.9 Å². The summed E-state index contributed by atoms with van der Waals surface area (Å²) in [5.41, 5.74) is 2.00. The molecule has 1 amide bonds. The lowest BCUT2D eigenvalue weighted by molar-refractivity contribution is -0.119. The van der Waals surface area contributed by atoms with Gasteiger partial charge >= 0.3 is 0 Å². The van der Waals surface area contributed by atoms with E-state index in [1.165, 1.54) is 0 Å². The van der Waals surface area contributed by atoms with Crippen molar-refractivity contribution < 1.29 is 4.79 Å². The summed E-state index contributed by atoms with van der Waals surface area (Å²) >= 11 is 1.59. The molecule has 5 nitrogen and oxygen atoms in total. The first-order valence-electron chi connectivity index (χ1n) is 6.95. The van der Waals surface area contributed by atoms with E-state index >= 15 is 0 Å². The molecule has 0 unspecified atom stereocenters. The zero-order valence-corrected chi connectivity index (χ0v) is 13.0. The molecule has 1 aromatic carbocycles. The number of hydrogen-bond donors (Lipinski definition) is 1. The number of amides is 1. The van der Waals surface area contributed by atoms with Gasteiger partial charge in [0.2, 0.25) is 5.91 Å². The van der Waals surface area contributed by atoms with E-state index in [4.69, 9.17) is 0 Å². The lowest BCUT2D eigenvalue weighted by Crippen LogP contribution is -2.34. The van der Waals surface area contributed by atoms with Crippen LogP contribution in [0.15, 0.2) is 48.8 Å². The first-order valence-corrected chi connectivity index (χ1v) is 7.76. The Hall–Kier alpha value is -2.47. The van der Waals surface area contributed by atoms with Crippen molar-refractivity contribution in [3.05, 3.63) is 54.4 Å². The van der Waals surface area contributed by atoms with Crippen LogP contribution in [0.5, 0.6) is 0 Å². The van der Waals surface area contributed by atoms with Crippen molar-refractivity contribution in [2.24, 2.45) is 0 Å². The summed E-state index contributed by atoms with van der Waals surface area (Å²) in [6.45, 7) is 0.792. The number of benzene rings is 1. The lowest BCUT2D eigenvalue weighted by atomic mass is 10.3. The van der Waals surface area contributed by atoms with Gasteiger partial charge in [0.25, 0.3) is 0 Å². The largest absolute Gasteiger partial charge is 0.350 e. The minimum absolute atomic E-state index is 0.0291. The Balaban J connectivity index is 1.58. The molecule has 22 heavy (non-hydrogen) atoms. The number of carbonyl (C=O) groups excluding carboxylic acids is 1. The van der Waals surface area contributed by atoms with Crippen LogP contribution in [-0.4, -0.2) is 29.5 Å². The van der Waals surface area contributed by atoms with Gasteiger partial charge in [0.1, 0.15) is 0 Å². The lowest BCUT2D eigenvalue weighted by Gasteiger charge is -2.15. The fourth-order valence-electron chi connectivity index (χ4n) is 2.06. The predicted molar refractivity (Wildman–Crippen MR) is 89.0 cm³/mol. The molecule has 0 radical (unpaired) electrons. The van der Waals surface area contributed by atoms with Crippen LogP contribution < -0.4 is 10.2 Å². The summed E-state index contributed by atoms with van der Waals surface area (Å²) in [5, 5.41) is 3.75. The maximum atomic E-state index is 12.0. The number of para-hydroxylation sites is 1. The number of likely N-dealkylation sites (N-methyl/N-ethyl adjacent to an activating group) is 1. The summed E-state index contributed by atoms with van der Waals surface area (Å²) in [5.74, 6) is -0.0291. The molecule has 0 saturated carbocycles. The molecule has 1 N–H and O–H groups in total. The van der Waals surface area contributed by atoms with E-state index in [9.17, 15) is 4.79 Å². The maximum absolute atomic E-state index is 12.0. The maximum Gasteiger partial charge on any atom is 0.239 e. The highest BCUT2D eigenvalue weighted by Crippen LogP contribution is 2.27. The van der Waals surface area contributed by atoms with Gasteiger partial charge in [-0.1, -0.05) is 23.5 Å². The minimum Gasteiger partial charge on any atom is -0.350 e. The Morgan fingerprint density at radius 2 is 2.00 bits per heavy atom. The number of pyridine rings is 1. The van der Waals surface area contributed by atoms with Gasteiger partial charge < -0.3 is 10.2 Å². The first-order chi connectivity index (χ1) is 10.7. The smallest absolute Gasteiger partial charge is 0.239 e. The van der Waals surface area contributed by atoms with Crippen LogP contribution in [-0.2, 0) is 11.3 Å². The van der Waals surface area contributed by atoms with Crippen molar-refractivity contribution in [2.45, 2.75) is 6.54 Å². The minimum atomic E-state index is -0.0291. The summed E-state index contributed by atoms with van der Waals surface area (Å²) in [6.07, 6.45) is 3.43. The van der Waals surface area contributed by atoms with Crippen molar-refractivity contribution in [3.63, 3.8) is 0 Å². The zero-order chi connectivity index (χ0) is 15.4. The second kappa shape index (κ2) is 6.53. The molecule has 0 aliphatic rings. The van der Waals surface area contributed by atoms with Gasteiger partial charge in [0.05, 0.1) is 16.8 Å². The Kier molecular flexibility index (Phi) is 4.29. The van der Waals surface area contributed by atoms with E-state index in [-0.39, 0.29) is 12.5 Å². The molecule has 3 aromatic rings. The topological polar surface area (TPSA) is 58.1 Å². The van der Waals surface area contributed by atoms with Gasteiger partial charge in [0.15, 0.2) is 5.13 Å². The Labute approximate surface area is 132 Å². The van der Waals surface area contributed by atoms with E-state index in [2.05, 4.69) is 15.3 Å². The van der Waals surface area contributed by atoms with E-state index in [1.807, 2.05) is 48.3 Å². The number of hydrogen-bond acceptors (Lipinski definition) is 5. The van der Waals surface area contributed by atoms with Crippen molar-refractivity contribution in [3.8, 4) is 0 Å². The summed E-state index contributed by atoms with van der Waals surface area (Å²) in [6, 6.07) is 11.7. The highest BCUT2D eigenvalue weighted by atomic mass is 32.1. The Bertz CT molecular complexity index is 739. The van der Waals surface area contributed by atoms with Gasteiger partial charge in [-0.05, 0) is 29.8 Å². The second-order valence-corrected chi connectivity index (χ2v) is 5.96. The van der Waals surface area contributed by atoms with Crippen molar-refractivity contribution in [1.82, 2.24) is 15.3 Å². The summed E-state index contributed by atoms with van der Waals surface area (Å²) in [7, 11) is 1.88. The molecule has 6 heteroatoms. The highest BCUT2D eigenvalue weighted by molar-refractivity contribution is 7.22. The molecule has 0 saturated heterocycles.